The van der Waals surface area contributed by atoms with Crippen LogP contribution in [0.15, 0.2) is 34.8 Å². The Kier molecular flexibility index (Phi) is 3.93. The molecule has 0 saturated carbocycles. The molecule has 2 rings (SSSR count). The quantitative estimate of drug-likeness (QED) is 0.942. The first-order valence-corrected chi connectivity index (χ1v) is 6.09. The number of aromatic nitrogens is 1. The van der Waals surface area contributed by atoms with Crippen LogP contribution in [0.1, 0.15) is 11.3 Å². The summed E-state index contributed by atoms with van der Waals surface area (Å²) in [6, 6.07) is 7.57. The summed E-state index contributed by atoms with van der Waals surface area (Å²) in [5.41, 5.74) is 1.45. The molecule has 2 aromatic rings. The van der Waals surface area contributed by atoms with Crippen molar-refractivity contribution in [3.8, 4) is 11.6 Å². The van der Waals surface area contributed by atoms with Crippen molar-refractivity contribution in [2.75, 3.05) is 0 Å². The van der Waals surface area contributed by atoms with Crippen LogP contribution >= 0.6 is 15.9 Å². The summed E-state index contributed by atoms with van der Waals surface area (Å²) in [6.45, 7) is 1.73. The number of nitrogens with zero attached hydrogens (tertiary/aromatic N) is 1. The highest BCUT2D eigenvalue weighted by molar-refractivity contribution is 9.10. The van der Waals surface area contributed by atoms with Crippen LogP contribution in [0.5, 0.6) is 11.6 Å². The Hall–Kier alpha value is -1.46. The maximum atomic E-state index is 12.9. The SMILES string of the molecule is Cc1nc(Oc2ccc(F)cc2Br)ccc1CO. The lowest BCUT2D eigenvalue weighted by Crippen LogP contribution is -1.95. The molecule has 0 amide bonds. The highest BCUT2D eigenvalue weighted by atomic mass is 79.9. The van der Waals surface area contributed by atoms with E-state index in [0.717, 1.165) is 5.56 Å². The molecule has 3 nitrogen and oxygen atoms in total. The summed E-state index contributed by atoms with van der Waals surface area (Å²) in [5.74, 6) is 0.547. The summed E-state index contributed by atoms with van der Waals surface area (Å²) in [6.07, 6.45) is 0. The maximum absolute atomic E-state index is 12.9. The van der Waals surface area contributed by atoms with Gasteiger partial charge in [0.1, 0.15) is 11.6 Å². The van der Waals surface area contributed by atoms with E-state index in [1.54, 1.807) is 19.1 Å². The average Bonchev–Trinajstić information content (AvgIpc) is 2.33. The van der Waals surface area contributed by atoms with E-state index in [1.165, 1.54) is 18.2 Å². The van der Waals surface area contributed by atoms with Gasteiger partial charge in [-0.3, -0.25) is 0 Å². The highest BCUT2D eigenvalue weighted by Gasteiger charge is 2.06. The molecule has 0 fully saturated rings. The Morgan fingerprint density at radius 3 is 2.72 bits per heavy atom. The van der Waals surface area contributed by atoms with E-state index in [1.807, 2.05) is 0 Å². The van der Waals surface area contributed by atoms with Crippen molar-refractivity contribution < 1.29 is 14.2 Å². The topological polar surface area (TPSA) is 42.4 Å². The van der Waals surface area contributed by atoms with Crippen molar-refractivity contribution in [3.05, 3.63) is 51.9 Å². The van der Waals surface area contributed by atoms with Gasteiger partial charge in [0, 0.05) is 11.8 Å². The largest absolute Gasteiger partial charge is 0.438 e. The summed E-state index contributed by atoms with van der Waals surface area (Å²) in [5, 5.41) is 9.04. The molecule has 1 aromatic heterocycles. The molecule has 18 heavy (non-hydrogen) atoms. The standard InChI is InChI=1S/C13H11BrFNO2/c1-8-9(7-17)2-5-13(16-8)18-12-4-3-10(15)6-11(12)14/h2-6,17H,7H2,1H3. The van der Waals surface area contributed by atoms with E-state index in [2.05, 4.69) is 20.9 Å². The van der Waals surface area contributed by atoms with Crippen molar-refractivity contribution >= 4 is 15.9 Å². The first kappa shape index (κ1) is 13.0. The number of aliphatic hydroxyl groups excluding tert-OH is 1. The van der Waals surface area contributed by atoms with Gasteiger partial charge in [-0.2, -0.15) is 0 Å². The average molecular weight is 312 g/mol. The highest BCUT2D eigenvalue weighted by Crippen LogP contribution is 2.29. The second kappa shape index (κ2) is 5.46. The smallest absolute Gasteiger partial charge is 0.219 e. The van der Waals surface area contributed by atoms with E-state index in [9.17, 15) is 4.39 Å². The molecule has 94 valence electrons. The Balaban J connectivity index is 2.26. The molecule has 0 saturated heterocycles. The number of hydrogen-bond acceptors (Lipinski definition) is 3. The van der Waals surface area contributed by atoms with Crippen molar-refractivity contribution in [2.24, 2.45) is 0 Å². The minimum absolute atomic E-state index is 0.0562. The fourth-order valence-electron chi connectivity index (χ4n) is 1.46. The predicted molar refractivity (Wildman–Crippen MR) is 69.1 cm³/mol. The molecule has 0 aliphatic heterocycles. The van der Waals surface area contributed by atoms with Crippen molar-refractivity contribution in [1.82, 2.24) is 4.98 Å². The van der Waals surface area contributed by atoms with Gasteiger partial charge in [0.15, 0.2) is 0 Å². The molecule has 0 radical (unpaired) electrons. The zero-order valence-electron chi connectivity index (χ0n) is 9.65. The van der Waals surface area contributed by atoms with Crippen LogP contribution in [-0.2, 0) is 6.61 Å². The number of aryl methyl sites for hydroxylation is 1. The van der Waals surface area contributed by atoms with Gasteiger partial charge in [0.2, 0.25) is 5.88 Å². The molecular weight excluding hydrogens is 301 g/mol. The molecular formula is C13H11BrFNO2. The van der Waals surface area contributed by atoms with Crippen LogP contribution in [-0.4, -0.2) is 10.1 Å². The van der Waals surface area contributed by atoms with Crippen molar-refractivity contribution in [1.29, 1.82) is 0 Å². The van der Waals surface area contributed by atoms with Gasteiger partial charge in [0.25, 0.3) is 0 Å². The number of ether oxygens (including phenoxy) is 1. The molecule has 1 aromatic carbocycles. The van der Waals surface area contributed by atoms with Crippen LogP contribution < -0.4 is 4.74 Å². The molecule has 5 heteroatoms. The monoisotopic (exact) mass is 311 g/mol. The summed E-state index contributed by atoms with van der Waals surface area (Å²) in [7, 11) is 0. The zero-order chi connectivity index (χ0) is 13.1. The Bertz CT molecular complexity index is 575. The van der Waals surface area contributed by atoms with Crippen molar-refractivity contribution in [2.45, 2.75) is 13.5 Å². The molecule has 0 unspecified atom stereocenters. The Morgan fingerprint density at radius 1 is 1.33 bits per heavy atom. The van der Waals surface area contributed by atoms with Gasteiger partial charge < -0.3 is 9.84 Å². The molecule has 1 N–H and O–H groups in total. The van der Waals surface area contributed by atoms with E-state index in [4.69, 9.17) is 9.84 Å². The van der Waals surface area contributed by atoms with Gasteiger partial charge in [0.05, 0.1) is 11.1 Å². The molecule has 0 aliphatic carbocycles. The van der Waals surface area contributed by atoms with E-state index < -0.39 is 0 Å². The number of rotatable bonds is 3. The third-order valence-electron chi connectivity index (χ3n) is 2.45. The Morgan fingerprint density at radius 2 is 2.11 bits per heavy atom. The van der Waals surface area contributed by atoms with Gasteiger partial charge in [-0.1, -0.05) is 0 Å². The lowest BCUT2D eigenvalue weighted by atomic mass is 10.2. The Labute approximate surface area is 112 Å². The van der Waals surface area contributed by atoms with E-state index in [-0.39, 0.29) is 12.4 Å². The van der Waals surface area contributed by atoms with E-state index >= 15 is 0 Å². The third kappa shape index (κ3) is 2.86. The summed E-state index contributed by atoms with van der Waals surface area (Å²) >= 11 is 3.22. The third-order valence-corrected chi connectivity index (χ3v) is 3.07. The molecule has 0 atom stereocenters. The molecule has 0 spiro atoms. The van der Waals surface area contributed by atoms with E-state index in [0.29, 0.717) is 21.8 Å². The van der Waals surface area contributed by atoms with Crippen LogP contribution in [0, 0.1) is 12.7 Å². The van der Waals surface area contributed by atoms with Gasteiger partial charge in [-0.15, -0.1) is 0 Å². The minimum atomic E-state index is -0.339. The van der Waals surface area contributed by atoms with Gasteiger partial charge in [-0.25, -0.2) is 9.37 Å². The fourth-order valence-corrected chi connectivity index (χ4v) is 1.89. The van der Waals surface area contributed by atoms with Gasteiger partial charge in [-0.05, 0) is 52.7 Å². The molecule has 1 heterocycles. The molecule has 0 aliphatic rings. The normalized spacial score (nSPS) is 10.4. The van der Waals surface area contributed by atoms with Crippen LogP contribution in [0.3, 0.4) is 0 Å². The first-order valence-electron chi connectivity index (χ1n) is 5.30. The summed E-state index contributed by atoms with van der Waals surface area (Å²) < 4.78 is 19.0. The minimum Gasteiger partial charge on any atom is -0.438 e. The maximum Gasteiger partial charge on any atom is 0.219 e. The number of aliphatic hydroxyl groups is 1. The lowest BCUT2D eigenvalue weighted by molar-refractivity contribution is 0.280. The predicted octanol–water partition coefficient (Wildman–Crippen LogP) is 3.58. The summed E-state index contributed by atoms with van der Waals surface area (Å²) in [4.78, 5) is 4.21. The van der Waals surface area contributed by atoms with Crippen molar-refractivity contribution in [3.63, 3.8) is 0 Å². The van der Waals surface area contributed by atoms with Gasteiger partial charge >= 0.3 is 0 Å². The van der Waals surface area contributed by atoms with Crippen LogP contribution in [0.2, 0.25) is 0 Å². The lowest BCUT2D eigenvalue weighted by Gasteiger charge is -2.09. The second-order valence-electron chi connectivity index (χ2n) is 3.73. The number of benzene rings is 1. The number of hydrogen-bond donors (Lipinski definition) is 1. The number of pyridine rings is 1. The fraction of sp³-hybridized carbons (Fsp3) is 0.154. The zero-order valence-corrected chi connectivity index (χ0v) is 11.2. The second-order valence-corrected chi connectivity index (χ2v) is 4.58. The number of halogens is 2. The van der Waals surface area contributed by atoms with Crippen LogP contribution in [0.25, 0.3) is 0 Å². The molecule has 0 bridgehead atoms. The van der Waals surface area contributed by atoms with Crippen LogP contribution in [0.4, 0.5) is 4.39 Å². The first-order chi connectivity index (χ1) is 8.60.